The molecule has 0 unspecified atom stereocenters. The third kappa shape index (κ3) is 2.80. The first-order chi connectivity index (χ1) is 20.7. The van der Waals surface area contributed by atoms with Gasteiger partial charge in [0.1, 0.15) is 0 Å². The molecule has 0 nitrogen and oxygen atoms in total. The van der Waals surface area contributed by atoms with E-state index in [-0.39, 0.29) is 0 Å². The van der Waals surface area contributed by atoms with Crippen LogP contribution in [0.4, 0.5) is 0 Å². The van der Waals surface area contributed by atoms with Crippen LogP contribution < -0.4 is 0 Å². The highest BCUT2D eigenvalue weighted by atomic mass is 14.7. The van der Waals surface area contributed by atoms with Crippen LogP contribution in [0.15, 0.2) is 103 Å². The molecule has 13 rings (SSSR count). The van der Waals surface area contributed by atoms with E-state index in [0.717, 1.165) is 41.4 Å². The van der Waals surface area contributed by atoms with Crippen LogP contribution in [0, 0.1) is 41.4 Å². The maximum absolute atomic E-state index is 2.52. The second-order valence-corrected chi connectivity index (χ2v) is 15.0. The van der Waals surface area contributed by atoms with Crippen LogP contribution in [-0.4, -0.2) is 0 Å². The lowest BCUT2D eigenvalue weighted by molar-refractivity contribution is -0.212. The molecule has 5 aromatic rings. The molecule has 42 heavy (non-hydrogen) atoms. The Morgan fingerprint density at radius 1 is 0.405 bits per heavy atom. The molecule has 7 saturated carbocycles. The predicted molar refractivity (Wildman–Crippen MR) is 173 cm³/mol. The Hall–Kier alpha value is -3.64. The molecular formula is C42H36. The number of hydrogen-bond donors (Lipinski definition) is 0. The fraction of sp³-hybridized carbons (Fsp3) is 0.333. The summed E-state index contributed by atoms with van der Waals surface area (Å²) in [4.78, 5) is 0. The zero-order valence-corrected chi connectivity index (χ0v) is 24.1. The SMILES string of the molecule is c1ccc2c(c1)-c1cccc3c(-c4ccc(-c5ccc(C67CC8C9CC%10CC8C(C6)C(C%10)C9C7)cc5)cc4)ccc-2c13. The van der Waals surface area contributed by atoms with Gasteiger partial charge >= 0.3 is 0 Å². The molecule has 0 heteroatoms. The summed E-state index contributed by atoms with van der Waals surface area (Å²) >= 11 is 0. The van der Waals surface area contributed by atoms with Crippen molar-refractivity contribution in [2.75, 3.05) is 0 Å². The van der Waals surface area contributed by atoms with Gasteiger partial charge in [0.05, 0.1) is 0 Å². The molecule has 8 aliphatic carbocycles. The maximum atomic E-state index is 2.52. The average molecular weight is 541 g/mol. The first-order valence-corrected chi connectivity index (χ1v) is 16.6. The van der Waals surface area contributed by atoms with E-state index in [1.54, 1.807) is 24.8 Å². The Labute approximate surface area is 248 Å². The van der Waals surface area contributed by atoms with E-state index in [1.165, 1.54) is 74.5 Å². The third-order valence-electron chi connectivity index (χ3n) is 13.6. The lowest BCUT2D eigenvalue weighted by atomic mass is 9.32. The van der Waals surface area contributed by atoms with Gasteiger partial charge < -0.3 is 0 Å². The Morgan fingerprint density at radius 2 is 0.905 bits per heavy atom. The summed E-state index contributed by atoms with van der Waals surface area (Å²) in [6.07, 6.45) is 9.20. The van der Waals surface area contributed by atoms with Gasteiger partial charge in [0.15, 0.2) is 0 Å². The summed E-state index contributed by atoms with van der Waals surface area (Å²) < 4.78 is 0. The van der Waals surface area contributed by atoms with Gasteiger partial charge in [-0.15, -0.1) is 0 Å². The Balaban J connectivity index is 0.911. The van der Waals surface area contributed by atoms with E-state index in [4.69, 9.17) is 0 Å². The van der Waals surface area contributed by atoms with Crippen molar-refractivity contribution in [2.45, 2.75) is 43.9 Å². The molecule has 0 saturated heterocycles. The Kier molecular flexibility index (Phi) is 4.27. The molecule has 8 aliphatic rings. The van der Waals surface area contributed by atoms with Crippen LogP contribution in [0.2, 0.25) is 0 Å². The van der Waals surface area contributed by atoms with Crippen molar-refractivity contribution in [3.63, 3.8) is 0 Å². The van der Waals surface area contributed by atoms with E-state index in [9.17, 15) is 0 Å². The van der Waals surface area contributed by atoms with Crippen molar-refractivity contribution >= 4 is 10.8 Å². The molecule has 0 heterocycles. The summed E-state index contributed by atoms with van der Waals surface area (Å²) in [6, 6.07) is 39.6. The van der Waals surface area contributed by atoms with Gasteiger partial charge in [0.25, 0.3) is 0 Å². The fourth-order valence-corrected chi connectivity index (χ4v) is 12.2. The van der Waals surface area contributed by atoms with Gasteiger partial charge in [0, 0.05) is 0 Å². The minimum atomic E-state index is 0.478. The first kappa shape index (κ1) is 22.9. The van der Waals surface area contributed by atoms with Crippen molar-refractivity contribution in [2.24, 2.45) is 41.4 Å². The second kappa shape index (κ2) is 7.84. The largest absolute Gasteiger partial charge is 0.0616 e. The molecule has 5 aromatic carbocycles. The van der Waals surface area contributed by atoms with E-state index in [1.807, 2.05) is 0 Å². The average Bonchev–Trinajstić information content (AvgIpc) is 3.39. The molecule has 0 aromatic heterocycles. The second-order valence-electron chi connectivity index (χ2n) is 15.0. The van der Waals surface area contributed by atoms with Gasteiger partial charge in [0.2, 0.25) is 0 Å². The van der Waals surface area contributed by atoms with Gasteiger partial charge in [-0.1, -0.05) is 103 Å². The van der Waals surface area contributed by atoms with Crippen molar-refractivity contribution in [1.29, 1.82) is 0 Å². The van der Waals surface area contributed by atoms with Gasteiger partial charge in [-0.25, -0.2) is 0 Å². The summed E-state index contributed by atoms with van der Waals surface area (Å²) in [5.41, 5.74) is 12.9. The quantitative estimate of drug-likeness (QED) is 0.209. The number of hydrogen-bond acceptors (Lipinski definition) is 0. The molecule has 0 atom stereocenters. The zero-order chi connectivity index (χ0) is 27.2. The minimum absolute atomic E-state index is 0.478. The standard InChI is InChI=1S/C42H36/c1-2-5-31-30(4-1)33-7-3-6-32-29(16-17-34(31)41(32)33)27-10-8-25(9-11-27)26-12-14-28(15-13-26)42-21-38-35-18-24-19-36(38)40(23-42)37(20-24)39(35)22-42/h1-17,24,35-40H,18-23H2. The molecule has 0 N–H and O–H groups in total. The van der Waals surface area contributed by atoms with E-state index < -0.39 is 0 Å². The van der Waals surface area contributed by atoms with Gasteiger partial charge in [-0.3, -0.25) is 0 Å². The van der Waals surface area contributed by atoms with Crippen molar-refractivity contribution < 1.29 is 0 Å². The van der Waals surface area contributed by atoms with Crippen molar-refractivity contribution in [3.8, 4) is 44.5 Å². The molecule has 0 aliphatic heterocycles. The highest BCUT2D eigenvalue weighted by molar-refractivity contribution is 6.18. The predicted octanol–water partition coefficient (Wildman–Crippen LogP) is 10.8. The Morgan fingerprint density at radius 3 is 1.52 bits per heavy atom. The van der Waals surface area contributed by atoms with Crippen LogP contribution in [0.1, 0.15) is 44.1 Å². The summed E-state index contributed by atoms with van der Waals surface area (Å²) in [5.74, 6) is 7.49. The number of rotatable bonds is 3. The van der Waals surface area contributed by atoms with Gasteiger partial charge in [-0.2, -0.15) is 0 Å². The van der Waals surface area contributed by atoms with Crippen LogP contribution in [-0.2, 0) is 5.41 Å². The molecule has 8 bridgehead atoms. The van der Waals surface area contributed by atoms with Crippen LogP contribution in [0.3, 0.4) is 0 Å². The monoisotopic (exact) mass is 540 g/mol. The minimum Gasteiger partial charge on any atom is -0.0616 e. The zero-order valence-electron chi connectivity index (χ0n) is 24.1. The molecule has 7 fully saturated rings. The van der Waals surface area contributed by atoms with E-state index in [0.29, 0.717) is 5.41 Å². The highest BCUT2D eigenvalue weighted by Gasteiger charge is 2.67. The van der Waals surface area contributed by atoms with Crippen LogP contribution in [0.25, 0.3) is 55.3 Å². The first-order valence-electron chi connectivity index (χ1n) is 16.6. The topological polar surface area (TPSA) is 0 Å². The summed E-state index contributed by atoms with van der Waals surface area (Å²) in [5, 5.41) is 2.76. The van der Waals surface area contributed by atoms with Crippen molar-refractivity contribution in [3.05, 3.63) is 109 Å². The van der Waals surface area contributed by atoms with Gasteiger partial charge in [-0.05, 0) is 146 Å². The normalized spacial score (nSPS) is 34.0. The number of benzene rings is 5. The lowest BCUT2D eigenvalue weighted by Gasteiger charge is -2.72. The number of fused-ring (bicyclic) bond motifs is 3. The molecular weight excluding hydrogens is 504 g/mol. The fourth-order valence-electron chi connectivity index (χ4n) is 12.2. The summed E-state index contributed by atoms with van der Waals surface area (Å²) in [6.45, 7) is 0. The molecule has 0 amide bonds. The van der Waals surface area contributed by atoms with Crippen molar-refractivity contribution in [1.82, 2.24) is 0 Å². The van der Waals surface area contributed by atoms with E-state index in [2.05, 4.69) is 103 Å². The molecule has 204 valence electrons. The maximum Gasteiger partial charge on any atom is -0.00201 e. The molecule has 0 spiro atoms. The van der Waals surface area contributed by atoms with Crippen LogP contribution in [0.5, 0.6) is 0 Å². The third-order valence-corrected chi connectivity index (χ3v) is 13.6. The highest BCUT2D eigenvalue weighted by Crippen LogP contribution is 2.74. The van der Waals surface area contributed by atoms with Crippen LogP contribution >= 0.6 is 0 Å². The molecule has 0 radical (unpaired) electrons. The summed E-state index contributed by atoms with van der Waals surface area (Å²) in [7, 11) is 0. The smallest absolute Gasteiger partial charge is 0.00201 e. The van der Waals surface area contributed by atoms with E-state index >= 15 is 0 Å². The Bertz CT molecular complexity index is 1830. The lowest BCUT2D eigenvalue weighted by Crippen LogP contribution is -2.66.